The predicted molar refractivity (Wildman–Crippen MR) is 101 cm³/mol. The van der Waals surface area contributed by atoms with Gasteiger partial charge in [-0.1, -0.05) is 18.2 Å². The molecule has 0 bridgehead atoms. The van der Waals surface area contributed by atoms with Gasteiger partial charge in [0, 0.05) is 11.8 Å². The average molecular weight is 369 g/mol. The molecule has 0 unspecified atom stereocenters. The van der Waals surface area contributed by atoms with Crippen molar-refractivity contribution in [2.75, 3.05) is 4.90 Å². The molecule has 0 saturated heterocycles. The third-order valence-electron chi connectivity index (χ3n) is 4.53. The van der Waals surface area contributed by atoms with Crippen molar-refractivity contribution >= 4 is 28.4 Å². The third kappa shape index (κ3) is 2.34. The third-order valence-corrected chi connectivity index (χ3v) is 4.53. The quantitative estimate of drug-likeness (QED) is 0.504. The molecular formula is C21H11N3O4. The van der Waals surface area contributed by atoms with Crippen LogP contribution >= 0.6 is 0 Å². The van der Waals surface area contributed by atoms with E-state index in [1.165, 1.54) is 6.20 Å². The first-order valence-corrected chi connectivity index (χ1v) is 8.47. The van der Waals surface area contributed by atoms with Crippen molar-refractivity contribution in [1.82, 2.24) is 9.97 Å². The van der Waals surface area contributed by atoms with Crippen molar-refractivity contribution < 1.29 is 14.0 Å². The predicted octanol–water partition coefficient (Wildman–Crippen LogP) is 3.05. The first-order valence-electron chi connectivity index (χ1n) is 8.47. The highest BCUT2D eigenvalue weighted by molar-refractivity contribution is 6.33. The number of imide groups is 1. The second-order valence-electron chi connectivity index (χ2n) is 6.22. The molecule has 2 aromatic heterocycles. The van der Waals surface area contributed by atoms with Crippen molar-refractivity contribution in [1.29, 1.82) is 0 Å². The first kappa shape index (κ1) is 16.1. The van der Waals surface area contributed by atoms with Crippen LogP contribution < -0.4 is 10.5 Å². The highest BCUT2D eigenvalue weighted by Gasteiger charge is 2.37. The topological polar surface area (TPSA) is 93.4 Å². The highest BCUT2D eigenvalue weighted by Crippen LogP contribution is 2.30. The van der Waals surface area contributed by atoms with Crippen LogP contribution in [0.2, 0.25) is 0 Å². The lowest BCUT2D eigenvalue weighted by Gasteiger charge is -2.14. The highest BCUT2D eigenvalue weighted by atomic mass is 16.4. The zero-order valence-corrected chi connectivity index (χ0v) is 14.3. The van der Waals surface area contributed by atoms with Gasteiger partial charge < -0.3 is 4.42 Å². The fourth-order valence-electron chi connectivity index (χ4n) is 3.22. The van der Waals surface area contributed by atoms with Crippen LogP contribution in [0.4, 0.5) is 5.69 Å². The van der Waals surface area contributed by atoms with Gasteiger partial charge in [0.2, 0.25) is 5.89 Å². The van der Waals surface area contributed by atoms with Gasteiger partial charge >= 0.3 is 5.63 Å². The molecule has 2 aromatic carbocycles. The normalized spacial score (nSPS) is 13.2. The Hall–Kier alpha value is -4.13. The Labute approximate surface area is 157 Å². The fourth-order valence-corrected chi connectivity index (χ4v) is 3.22. The summed E-state index contributed by atoms with van der Waals surface area (Å²) >= 11 is 0. The van der Waals surface area contributed by atoms with Gasteiger partial charge in [-0.25, -0.2) is 14.7 Å². The van der Waals surface area contributed by atoms with E-state index >= 15 is 0 Å². The minimum absolute atomic E-state index is 0.111. The molecule has 2 amide bonds. The number of fused-ring (bicyclic) bond motifs is 2. The van der Waals surface area contributed by atoms with E-state index in [0.717, 1.165) is 4.90 Å². The molecule has 0 radical (unpaired) electrons. The average Bonchev–Trinajstić information content (AvgIpc) is 2.99. The Morgan fingerprint density at radius 3 is 2.57 bits per heavy atom. The Balaban J connectivity index is 1.61. The first-order chi connectivity index (χ1) is 13.6. The van der Waals surface area contributed by atoms with E-state index in [-0.39, 0.29) is 17.1 Å². The van der Waals surface area contributed by atoms with Crippen LogP contribution in [0.25, 0.3) is 22.4 Å². The molecule has 5 rings (SSSR count). The SMILES string of the molecule is O=C1c2cccnc2C(=O)N1c1cccc(-c2nc3ccccc3c(=O)o2)c1. The van der Waals surface area contributed by atoms with Gasteiger partial charge in [-0.3, -0.25) is 14.6 Å². The summed E-state index contributed by atoms with van der Waals surface area (Å²) in [5.74, 6) is -0.830. The second kappa shape index (κ2) is 5.95. The van der Waals surface area contributed by atoms with Crippen LogP contribution in [0.5, 0.6) is 0 Å². The summed E-state index contributed by atoms with van der Waals surface area (Å²) in [4.78, 5) is 47.0. The van der Waals surface area contributed by atoms with Gasteiger partial charge in [0.1, 0.15) is 5.69 Å². The number of anilines is 1. The van der Waals surface area contributed by atoms with Gasteiger partial charge in [-0.15, -0.1) is 0 Å². The molecule has 4 aromatic rings. The lowest BCUT2D eigenvalue weighted by Crippen LogP contribution is -2.29. The van der Waals surface area contributed by atoms with E-state index in [4.69, 9.17) is 4.42 Å². The van der Waals surface area contributed by atoms with Crippen LogP contribution in [-0.4, -0.2) is 21.8 Å². The Bertz CT molecular complexity index is 1310. The zero-order chi connectivity index (χ0) is 19.3. The number of nitrogens with zero attached hydrogens (tertiary/aromatic N) is 3. The lowest BCUT2D eigenvalue weighted by atomic mass is 10.1. The summed E-state index contributed by atoms with van der Waals surface area (Å²) in [5.41, 5.74) is 1.20. The van der Waals surface area contributed by atoms with Crippen molar-refractivity contribution in [3.8, 4) is 11.5 Å². The summed E-state index contributed by atoms with van der Waals surface area (Å²) in [5, 5.41) is 0.383. The van der Waals surface area contributed by atoms with E-state index in [1.54, 1.807) is 60.7 Å². The number of carbonyl (C=O) groups excluding carboxylic acids is 2. The summed E-state index contributed by atoms with van der Waals surface area (Å²) in [6.45, 7) is 0. The molecule has 0 aliphatic carbocycles. The van der Waals surface area contributed by atoms with Crippen LogP contribution in [0, 0.1) is 0 Å². The summed E-state index contributed by atoms with van der Waals surface area (Å²) in [6, 6.07) is 16.6. The number of pyridine rings is 1. The van der Waals surface area contributed by atoms with E-state index in [9.17, 15) is 14.4 Å². The molecule has 0 N–H and O–H groups in total. The van der Waals surface area contributed by atoms with Gasteiger partial charge in [-0.05, 0) is 42.5 Å². The van der Waals surface area contributed by atoms with Crippen LogP contribution in [0.3, 0.4) is 0 Å². The molecule has 28 heavy (non-hydrogen) atoms. The van der Waals surface area contributed by atoms with E-state index in [0.29, 0.717) is 22.2 Å². The Morgan fingerprint density at radius 2 is 1.71 bits per heavy atom. The van der Waals surface area contributed by atoms with Gasteiger partial charge in [0.05, 0.1) is 22.2 Å². The smallest absolute Gasteiger partial charge is 0.347 e. The minimum Gasteiger partial charge on any atom is -0.403 e. The molecule has 0 atom stereocenters. The largest absolute Gasteiger partial charge is 0.403 e. The summed E-state index contributed by atoms with van der Waals surface area (Å²) in [6.07, 6.45) is 1.47. The van der Waals surface area contributed by atoms with Crippen molar-refractivity contribution in [3.63, 3.8) is 0 Å². The van der Waals surface area contributed by atoms with Crippen molar-refractivity contribution in [3.05, 3.63) is 88.5 Å². The monoisotopic (exact) mass is 369 g/mol. The molecule has 134 valence electrons. The van der Waals surface area contributed by atoms with Gasteiger partial charge in [-0.2, -0.15) is 0 Å². The molecule has 0 spiro atoms. The van der Waals surface area contributed by atoms with E-state index in [1.807, 2.05) is 0 Å². The van der Waals surface area contributed by atoms with Gasteiger partial charge in [0.25, 0.3) is 11.8 Å². The van der Waals surface area contributed by atoms with Crippen LogP contribution in [-0.2, 0) is 0 Å². The molecular weight excluding hydrogens is 358 g/mol. The van der Waals surface area contributed by atoms with Gasteiger partial charge in [0.15, 0.2) is 0 Å². The maximum absolute atomic E-state index is 12.7. The van der Waals surface area contributed by atoms with Crippen LogP contribution in [0.1, 0.15) is 20.8 Å². The van der Waals surface area contributed by atoms with Crippen LogP contribution in [0.15, 0.2) is 76.1 Å². The second-order valence-corrected chi connectivity index (χ2v) is 6.22. The number of rotatable bonds is 2. The molecule has 0 saturated carbocycles. The molecule has 0 fully saturated rings. The summed E-state index contributed by atoms with van der Waals surface area (Å²) in [7, 11) is 0. The summed E-state index contributed by atoms with van der Waals surface area (Å²) < 4.78 is 5.34. The number of carbonyl (C=O) groups is 2. The Kier molecular flexibility index (Phi) is 3.42. The van der Waals surface area contributed by atoms with Crippen molar-refractivity contribution in [2.24, 2.45) is 0 Å². The van der Waals surface area contributed by atoms with E-state index < -0.39 is 17.4 Å². The number of aromatic nitrogens is 2. The fraction of sp³-hybridized carbons (Fsp3) is 0. The minimum atomic E-state index is -0.504. The number of benzene rings is 2. The molecule has 1 aliphatic heterocycles. The maximum atomic E-state index is 12.7. The standard InChI is InChI=1S/C21H11N3O4/c25-19-15-8-4-10-22-17(15)20(26)24(19)13-6-3-5-12(11-13)18-23-16-9-2-1-7-14(16)21(27)28-18/h1-11H. The molecule has 3 heterocycles. The Morgan fingerprint density at radius 1 is 0.857 bits per heavy atom. The zero-order valence-electron chi connectivity index (χ0n) is 14.3. The number of hydrogen-bond donors (Lipinski definition) is 0. The molecule has 7 nitrogen and oxygen atoms in total. The number of para-hydroxylation sites is 1. The molecule has 1 aliphatic rings. The van der Waals surface area contributed by atoms with E-state index in [2.05, 4.69) is 9.97 Å². The maximum Gasteiger partial charge on any atom is 0.347 e. The number of hydrogen-bond acceptors (Lipinski definition) is 6. The lowest BCUT2D eigenvalue weighted by molar-refractivity contribution is 0.0924. The molecule has 7 heteroatoms. The van der Waals surface area contributed by atoms with Crippen molar-refractivity contribution in [2.45, 2.75) is 0 Å². The number of amides is 2.